The van der Waals surface area contributed by atoms with E-state index in [1.807, 2.05) is 0 Å². The van der Waals surface area contributed by atoms with Crippen molar-refractivity contribution in [1.29, 1.82) is 0 Å². The Kier molecular flexibility index (Phi) is 5.05. The normalized spacial score (nSPS) is 11.1. The quantitative estimate of drug-likeness (QED) is 0.852. The summed E-state index contributed by atoms with van der Waals surface area (Å²) in [4.78, 5) is 0. The van der Waals surface area contributed by atoms with Crippen LogP contribution in [0.25, 0.3) is 0 Å². The van der Waals surface area contributed by atoms with Crippen molar-refractivity contribution >= 4 is 38.6 Å². The molecular weight excluding hydrogens is 350 g/mol. The number of hydrogen-bond donors (Lipinski definition) is 1. The van der Waals surface area contributed by atoms with Crippen LogP contribution in [0, 0.1) is 0 Å². The van der Waals surface area contributed by atoms with E-state index < -0.39 is 10.0 Å². The van der Waals surface area contributed by atoms with Gasteiger partial charge in [-0.3, -0.25) is 4.72 Å². The molecule has 0 bridgehead atoms. The van der Waals surface area contributed by atoms with E-state index in [-0.39, 0.29) is 4.21 Å². The molecule has 2 rings (SSSR count). The van der Waals surface area contributed by atoms with E-state index in [1.54, 1.807) is 0 Å². The number of benzene rings is 1. The molecule has 1 N–H and O–H groups in total. The van der Waals surface area contributed by atoms with Gasteiger partial charge in [0.15, 0.2) is 11.5 Å². The molecule has 0 atom stereocenters. The molecule has 1 heterocycles. The van der Waals surface area contributed by atoms with Crippen LogP contribution >= 0.6 is 22.9 Å². The average Bonchev–Trinajstić information content (AvgIpc) is 2.93. The maximum absolute atomic E-state index is 12.3. The number of methoxy groups -OCH3 is 3. The van der Waals surface area contributed by atoms with Crippen LogP contribution in [0.2, 0.25) is 4.34 Å². The summed E-state index contributed by atoms with van der Waals surface area (Å²) in [5.74, 6) is 1.08. The maximum Gasteiger partial charge on any atom is 0.271 e. The van der Waals surface area contributed by atoms with Crippen molar-refractivity contribution in [3.63, 3.8) is 0 Å². The van der Waals surface area contributed by atoms with Crippen LogP contribution < -0.4 is 18.9 Å². The number of sulfonamides is 1. The first-order valence-corrected chi connectivity index (χ1v) is 8.67. The van der Waals surface area contributed by atoms with Gasteiger partial charge in [-0.05, 0) is 12.1 Å². The summed E-state index contributed by atoms with van der Waals surface area (Å²) in [6.45, 7) is 0. The lowest BCUT2D eigenvalue weighted by molar-refractivity contribution is 0.325. The van der Waals surface area contributed by atoms with Crippen LogP contribution in [0.1, 0.15) is 0 Å². The lowest BCUT2D eigenvalue weighted by Gasteiger charge is -2.14. The summed E-state index contributed by atoms with van der Waals surface area (Å²) in [7, 11) is 0.646. The first-order valence-electron chi connectivity index (χ1n) is 5.99. The standard InChI is InChI=1S/C13H14ClNO5S2/c1-18-9-6-8(7-10(19-2)13(9)20-3)15-22(16,17)12-5-4-11(14)21-12/h4-7,15H,1-3H3. The van der Waals surface area contributed by atoms with Crippen LogP contribution in [0.3, 0.4) is 0 Å². The predicted octanol–water partition coefficient (Wildman–Crippen LogP) is 3.23. The molecule has 120 valence electrons. The lowest BCUT2D eigenvalue weighted by Crippen LogP contribution is -2.11. The summed E-state index contributed by atoms with van der Waals surface area (Å²) >= 11 is 6.74. The second-order valence-electron chi connectivity index (χ2n) is 4.08. The second-order valence-corrected chi connectivity index (χ2v) is 7.70. The van der Waals surface area contributed by atoms with Crippen molar-refractivity contribution in [2.24, 2.45) is 0 Å². The Balaban J connectivity index is 2.41. The third-order valence-corrected chi connectivity index (χ3v) is 5.83. The summed E-state index contributed by atoms with van der Waals surface area (Å²) in [6.07, 6.45) is 0. The summed E-state index contributed by atoms with van der Waals surface area (Å²) in [5.41, 5.74) is 0.291. The Hall–Kier alpha value is -1.64. The van der Waals surface area contributed by atoms with Crippen LogP contribution in [0.5, 0.6) is 17.2 Å². The molecule has 0 fully saturated rings. The van der Waals surface area contributed by atoms with Crippen LogP contribution in [0.4, 0.5) is 5.69 Å². The average molecular weight is 364 g/mol. The zero-order valence-corrected chi connectivity index (χ0v) is 14.4. The number of nitrogens with one attached hydrogen (secondary N) is 1. The highest BCUT2D eigenvalue weighted by atomic mass is 35.5. The van der Waals surface area contributed by atoms with Gasteiger partial charge in [-0.2, -0.15) is 0 Å². The fourth-order valence-electron chi connectivity index (χ4n) is 1.79. The maximum atomic E-state index is 12.3. The molecule has 0 aliphatic rings. The van der Waals surface area contributed by atoms with Gasteiger partial charge in [0.25, 0.3) is 10.0 Å². The van der Waals surface area contributed by atoms with Crippen LogP contribution in [-0.2, 0) is 10.0 Å². The third kappa shape index (κ3) is 3.40. The Morgan fingerprint density at radius 3 is 2.05 bits per heavy atom. The van der Waals surface area contributed by atoms with Crippen LogP contribution in [-0.4, -0.2) is 29.7 Å². The second kappa shape index (κ2) is 6.64. The van der Waals surface area contributed by atoms with Gasteiger partial charge in [-0.15, -0.1) is 11.3 Å². The van der Waals surface area contributed by atoms with Crippen molar-refractivity contribution in [3.8, 4) is 17.2 Å². The van der Waals surface area contributed by atoms with Crippen molar-refractivity contribution < 1.29 is 22.6 Å². The molecule has 6 nitrogen and oxygen atoms in total. The van der Waals surface area contributed by atoms with E-state index in [4.69, 9.17) is 25.8 Å². The van der Waals surface area contributed by atoms with E-state index in [0.717, 1.165) is 11.3 Å². The lowest BCUT2D eigenvalue weighted by atomic mass is 10.2. The monoisotopic (exact) mass is 363 g/mol. The minimum Gasteiger partial charge on any atom is -0.493 e. The summed E-state index contributed by atoms with van der Waals surface area (Å²) in [5, 5.41) is 0. The van der Waals surface area contributed by atoms with E-state index in [0.29, 0.717) is 27.3 Å². The number of anilines is 1. The van der Waals surface area contributed by atoms with E-state index in [1.165, 1.54) is 45.6 Å². The van der Waals surface area contributed by atoms with E-state index in [9.17, 15) is 8.42 Å². The molecule has 0 radical (unpaired) electrons. The Morgan fingerprint density at radius 2 is 1.64 bits per heavy atom. The Morgan fingerprint density at radius 1 is 1.05 bits per heavy atom. The molecule has 0 aliphatic heterocycles. The highest BCUT2D eigenvalue weighted by molar-refractivity contribution is 7.94. The van der Waals surface area contributed by atoms with Crippen molar-refractivity contribution in [2.45, 2.75) is 4.21 Å². The van der Waals surface area contributed by atoms with Gasteiger partial charge in [0.2, 0.25) is 5.75 Å². The zero-order chi connectivity index (χ0) is 16.3. The van der Waals surface area contributed by atoms with Gasteiger partial charge in [-0.25, -0.2) is 8.42 Å². The van der Waals surface area contributed by atoms with Crippen LogP contribution in [0.15, 0.2) is 28.5 Å². The number of halogens is 1. The molecule has 1 aromatic carbocycles. The van der Waals surface area contributed by atoms with Gasteiger partial charge in [0.05, 0.1) is 31.4 Å². The molecule has 0 aliphatic carbocycles. The van der Waals surface area contributed by atoms with E-state index in [2.05, 4.69) is 4.72 Å². The molecule has 1 aromatic heterocycles. The summed E-state index contributed by atoms with van der Waals surface area (Å²) < 4.78 is 43.1. The predicted molar refractivity (Wildman–Crippen MR) is 86.2 cm³/mol. The first kappa shape index (κ1) is 16.7. The number of rotatable bonds is 6. The van der Waals surface area contributed by atoms with E-state index >= 15 is 0 Å². The molecule has 0 spiro atoms. The first-order chi connectivity index (χ1) is 10.4. The minimum atomic E-state index is -3.73. The molecule has 0 saturated carbocycles. The Labute approximate surface area is 137 Å². The fraction of sp³-hybridized carbons (Fsp3) is 0.231. The van der Waals surface area contributed by atoms with Crippen molar-refractivity contribution in [3.05, 3.63) is 28.6 Å². The fourth-order valence-corrected chi connectivity index (χ4v) is 4.31. The highest BCUT2D eigenvalue weighted by Crippen LogP contribution is 2.40. The van der Waals surface area contributed by atoms with Crippen molar-refractivity contribution in [2.75, 3.05) is 26.1 Å². The SMILES string of the molecule is COc1cc(NS(=O)(=O)c2ccc(Cl)s2)cc(OC)c1OC. The molecule has 0 amide bonds. The highest BCUT2D eigenvalue weighted by Gasteiger charge is 2.20. The van der Waals surface area contributed by atoms with Gasteiger partial charge < -0.3 is 14.2 Å². The number of thiophene rings is 1. The van der Waals surface area contributed by atoms with Gasteiger partial charge >= 0.3 is 0 Å². The number of ether oxygens (including phenoxy) is 3. The largest absolute Gasteiger partial charge is 0.493 e. The molecule has 22 heavy (non-hydrogen) atoms. The Bertz CT molecular complexity index is 747. The van der Waals surface area contributed by atoms with Gasteiger partial charge in [0.1, 0.15) is 4.21 Å². The molecule has 9 heteroatoms. The molecular formula is C13H14ClNO5S2. The zero-order valence-electron chi connectivity index (χ0n) is 12.0. The molecule has 0 saturated heterocycles. The third-order valence-electron chi connectivity index (χ3n) is 2.73. The molecule has 2 aromatic rings. The van der Waals surface area contributed by atoms with Gasteiger partial charge in [0, 0.05) is 12.1 Å². The van der Waals surface area contributed by atoms with Gasteiger partial charge in [-0.1, -0.05) is 11.6 Å². The smallest absolute Gasteiger partial charge is 0.271 e. The topological polar surface area (TPSA) is 73.9 Å². The summed E-state index contributed by atoms with van der Waals surface area (Å²) in [6, 6.07) is 5.98. The molecule has 0 unspecified atom stereocenters. The minimum absolute atomic E-state index is 0.117. The number of hydrogen-bond acceptors (Lipinski definition) is 6. The van der Waals surface area contributed by atoms with Crippen molar-refractivity contribution in [1.82, 2.24) is 0 Å².